The van der Waals surface area contributed by atoms with Crippen LogP contribution in [0.4, 0.5) is 5.69 Å². The summed E-state index contributed by atoms with van der Waals surface area (Å²) in [6, 6.07) is 21.4. The van der Waals surface area contributed by atoms with Gasteiger partial charge in [-0.2, -0.15) is 0 Å². The van der Waals surface area contributed by atoms with E-state index in [1.807, 2.05) is 6.92 Å². The number of hydrogen-bond donors (Lipinski definition) is 3. The van der Waals surface area contributed by atoms with Crippen molar-refractivity contribution >= 4 is 11.6 Å². The van der Waals surface area contributed by atoms with Crippen LogP contribution in [0.1, 0.15) is 54.6 Å². The van der Waals surface area contributed by atoms with Gasteiger partial charge in [0.15, 0.2) is 0 Å². The minimum atomic E-state index is -0.335. The first kappa shape index (κ1) is 24.5. The molecule has 3 N–H and O–H groups in total. The Morgan fingerprint density at radius 3 is 2.26 bits per heavy atom. The van der Waals surface area contributed by atoms with Crippen LogP contribution >= 0.6 is 0 Å². The number of carbonyl (C=O) groups is 1. The monoisotopic (exact) mass is 474 g/mol. The van der Waals surface area contributed by atoms with Gasteiger partial charge in [-0.25, -0.2) is 0 Å². The van der Waals surface area contributed by atoms with Gasteiger partial charge in [-0.05, 0) is 92.6 Å². The van der Waals surface area contributed by atoms with E-state index in [1.165, 1.54) is 50.5 Å². The number of amides is 1. The molecule has 3 aromatic rings. The van der Waals surface area contributed by atoms with E-state index in [2.05, 4.69) is 34.5 Å². The number of aromatic hydroxyl groups is 2. The van der Waals surface area contributed by atoms with Gasteiger partial charge in [-0.15, -0.1) is 0 Å². The van der Waals surface area contributed by atoms with Crippen molar-refractivity contribution in [1.82, 2.24) is 5.32 Å². The van der Waals surface area contributed by atoms with E-state index in [9.17, 15) is 15.0 Å². The summed E-state index contributed by atoms with van der Waals surface area (Å²) >= 11 is 0. The molecule has 1 heterocycles. The van der Waals surface area contributed by atoms with Crippen LogP contribution in [-0.2, 0) is 0 Å². The molecule has 6 heteroatoms. The highest BCUT2D eigenvalue weighted by Gasteiger charge is 2.22. The number of rotatable bonds is 7. The third-order valence-corrected chi connectivity index (χ3v) is 6.38. The van der Waals surface area contributed by atoms with Crippen molar-refractivity contribution in [3.8, 4) is 17.2 Å². The number of ether oxygens (including phenoxy) is 1. The number of nitrogens with one attached hydrogen (secondary N) is 1. The maximum atomic E-state index is 12.0. The van der Waals surface area contributed by atoms with Crippen molar-refractivity contribution < 1.29 is 19.7 Å². The summed E-state index contributed by atoms with van der Waals surface area (Å²) in [5, 5.41) is 21.6. The van der Waals surface area contributed by atoms with Gasteiger partial charge in [0.2, 0.25) is 0 Å². The molecule has 1 saturated carbocycles. The van der Waals surface area contributed by atoms with Crippen LogP contribution in [0.2, 0.25) is 0 Å². The molecule has 1 saturated heterocycles. The third kappa shape index (κ3) is 7.15. The largest absolute Gasteiger partial charge is 0.508 e. The number of benzene rings is 3. The lowest BCUT2D eigenvalue weighted by Gasteiger charge is -2.17. The highest BCUT2D eigenvalue weighted by atomic mass is 16.5. The number of nitrogens with zero attached hydrogens (tertiary/aromatic N) is 1. The molecule has 3 aromatic carbocycles. The molecule has 2 fully saturated rings. The zero-order valence-corrected chi connectivity index (χ0v) is 20.2. The molecular formula is C29H34N2O4. The van der Waals surface area contributed by atoms with Crippen LogP contribution in [0.3, 0.4) is 0 Å². The Kier molecular flexibility index (Phi) is 8.14. The van der Waals surface area contributed by atoms with Crippen molar-refractivity contribution in [2.75, 3.05) is 24.6 Å². The fourth-order valence-corrected chi connectivity index (χ4v) is 4.01. The first-order valence-electron chi connectivity index (χ1n) is 12.3. The standard InChI is InChI=1S/C15H15NO3.C14H19NO/c1-10(11-6-8-12(17)9-7-11)16-15(19)13-4-2-3-5-14(13)18;1-2-10-15(9-1)13-5-7-14(8-6-13)16-11-12-3-4-12/h2-10,17-18H,1H3,(H,16,19);5-8,12H,1-4,9-11H2. The van der Waals surface area contributed by atoms with Crippen molar-refractivity contribution in [3.63, 3.8) is 0 Å². The van der Waals surface area contributed by atoms with Crippen LogP contribution in [0.25, 0.3) is 0 Å². The van der Waals surface area contributed by atoms with Gasteiger partial charge in [-0.1, -0.05) is 24.3 Å². The SMILES string of the molecule is CC(NC(=O)c1ccccc1O)c1ccc(O)cc1.c1cc(N2CCCC2)ccc1OCC1CC1. The van der Waals surface area contributed by atoms with E-state index in [0.29, 0.717) is 0 Å². The maximum Gasteiger partial charge on any atom is 0.255 e. The lowest BCUT2D eigenvalue weighted by molar-refractivity contribution is 0.0937. The van der Waals surface area contributed by atoms with E-state index in [4.69, 9.17) is 4.74 Å². The van der Waals surface area contributed by atoms with Crippen molar-refractivity contribution in [2.45, 2.75) is 38.6 Å². The van der Waals surface area contributed by atoms with Gasteiger partial charge in [-0.3, -0.25) is 4.79 Å². The predicted octanol–water partition coefficient (Wildman–Crippen LogP) is 5.66. The minimum absolute atomic E-state index is 0.0436. The number of anilines is 1. The average Bonchev–Trinajstić information content (AvgIpc) is 3.54. The third-order valence-electron chi connectivity index (χ3n) is 6.38. The van der Waals surface area contributed by atoms with Gasteiger partial charge in [0.25, 0.3) is 5.91 Å². The predicted molar refractivity (Wildman–Crippen MR) is 138 cm³/mol. The summed E-state index contributed by atoms with van der Waals surface area (Å²) < 4.78 is 5.73. The second-order valence-electron chi connectivity index (χ2n) is 9.25. The highest BCUT2D eigenvalue weighted by molar-refractivity contribution is 5.96. The van der Waals surface area contributed by atoms with Crippen LogP contribution < -0.4 is 15.0 Å². The summed E-state index contributed by atoms with van der Waals surface area (Å²) in [6.07, 6.45) is 5.37. The van der Waals surface area contributed by atoms with Crippen LogP contribution in [0, 0.1) is 5.92 Å². The van der Waals surface area contributed by atoms with E-state index >= 15 is 0 Å². The number of phenols is 2. The molecular weight excluding hydrogens is 440 g/mol. The molecule has 2 aliphatic rings. The lowest BCUT2D eigenvalue weighted by Crippen LogP contribution is -2.26. The second kappa shape index (κ2) is 11.6. The smallest absolute Gasteiger partial charge is 0.255 e. The van der Waals surface area contributed by atoms with E-state index in [-0.39, 0.29) is 29.0 Å². The molecule has 1 amide bonds. The van der Waals surface area contributed by atoms with Crippen LogP contribution in [-0.4, -0.2) is 35.8 Å². The Morgan fingerprint density at radius 1 is 0.971 bits per heavy atom. The Labute approximate surface area is 207 Å². The van der Waals surface area contributed by atoms with Gasteiger partial charge >= 0.3 is 0 Å². The van der Waals surface area contributed by atoms with E-state index < -0.39 is 0 Å². The van der Waals surface area contributed by atoms with Gasteiger partial charge in [0, 0.05) is 18.8 Å². The van der Waals surface area contributed by atoms with Gasteiger partial charge in [0.05, 0.1) is 18.2 Å². The molecule has 1 aliphatic carbocycles. The number of carbonyl (C=O) groups excluding carboxylic acids is 1. The second-order valence-corrected chi connectivity index (χ2v) is 9.25. The molecule has 35 heavy (non-hydrogen) atoms. The Morgan fingerprint density at radius 2 is 1.63 bits per heavy atom. The maximum absolute atomic E-state index is 12.0. The molecule has 1 aliphatic heterocycles. The first-order chi connectivity index (χ1) is 17.0. The molecule has 6 nitrogen and oxygen atoms in total. The van der Waals surface area contributed by atoms with Crippen molar-refractivity contribution in [2.24, 2.45) is 5.92 Å². The molecule has 5 rings (SSSR count). The van der Waals surface area contributed by atoms with Crippen LogP contribution in [0.15, 0.2) is 72.8 Å². The van der Waals surface area contributed by atoms with E-state index in [0.717, 1.165) is 23.8 Å². The normalized spacial score (nSPS) is 15.6. The topological polar surface area (TPSA) is 82.0 Å². The fourth-order valence-electron chi connectivity index (χ4n) is 4.01. The molecule has 0 bridgehead atoms. The summed E-state index contributed by atoms with van der Waals surface area (Å²) in [5.41, 5.74) is 2.46. The average molecular weight is 475 g/mol. The summed E-state index contributed by atoms with van der Waals surface area (Å²) in [7, 11) is 0. The molecule has 184 valence electrons. The fraction of sp³-hybridized carbons (Fsp3) is 0.345. The van der Waals surface area contributed by atoms with E-state index in [1.54, 1.807) is 42.5 Å². The quantitative estimate of drug-likeness (QED) is 0.411. The first-order valence-corrected chi connectivity index (χ1v) is 12.3. The van der Waals surface area contributed by atoms with Crippen molar-refractivity contribution in [3.05, 3.63) is 83.9 Å². The molecule has 1 unspecified atom stereocenters. The highest BCUT2D eigenvalue weighted by Crippen LogP contribution is 2.30. The number of hydrogen-bond acceptors (Lipinski definition) is 5. The molecule has 0 spiro atoms. The van der Waals surface area contributed by atoms with Crippen molar-refractivity contribution in [1.29, 1.82) is 0 Å². The summed E-state index contributed by atoms with van der Waals surface area (Å²) in [6.45, 7) is 5.16. The lowest BCUT2D eigenvalue weighted by atomic mass is 10.1. The molecule has 1 atom stereocenters. The summed E-state index contributed by atoms with van der Waals surface area (Å²) in [5.74, 6) is 1.66. The number of phenolic OH excluding ortho intramolecular Hbond substituents is 2. The Bertz CT molecular complexity index is 1090. The number of para-hydroxylation sites is 1. The molecule has 0 radical (unpaired) electrons. The summed E-state index contributed by atoms with van der Waals surface area (Å²) in [4.78, 5) is 14.4. The van der Waals surface area contributed by atoms with Gasteiger partial charge in [0.1, 0.15) is 17.2 Å². The zero-order chi connectivity index (χ0) is 24.6. The Hall–Kier alpha value is -3.67. The Balaban J connectivity index is 0.000000167. The minimum Gasteiger partial charge on any atom is -0.508 e. The zero-order valence-electron chi connectivity index (χ0n) is 20.2. The molecule has 0 aromatic heterocycles. The van der Waals surface area contributed by atoms with Gasteiger partial charge < -0.3 is 25.2 Å². The van der Waals surface area contributed by atoms with Crippen LogP contribution in [0.5, 0.6) is 17.2 Å².